The molecule has 0 saturated carbocycles. The molecule has 2 heterocycles. The van der Waals surface area contributed by atoms with E-state index in [0.717, 1.165) is 30.8 Å². The maximum absolute atomic E-state index is 5.28. The molecule has 0 aliphatic rings. The predicted octanol–water partition coefficient (Wildman–Crippen LogP) is 2.41. The fraction of sp³-hybridized carbons (Fsp3) is 0.600. The Morgan fingerprint density at radius 2 is 2.04 bits per heavy atom. The van der Waals surface area contributed by atoms with Crippen LogP contribution in [-0.2, 0) is 13.0 Å². The van der Waals surface area contributed by atoms with Gasteiger partial charge in [0.05, 0.1) is 12.2 Å². The lowest BCUT2D eigenvalue weighted by Gasteiger charge is -2.09. The van der Waals surface area contributed by atoms with E-state index in [1.807, 2.05) is 13.0 Å². The molecule has 9 heteroatoms. The molecule has 0 spiro atoms. The van der Waals surface area contributed by atoms with Crippen LogP contribution in [0.3, 0.4) is 0 Å². The fourth-order valence-electron chi connectivity index (χ4n) is 1.96. The van der Waals surface area contributed by atoms with Gasteiger partial charge in [-0.3, -0.25) is 4.99 Å². The molecule has 0 amide bonds. The monoisotopic (exact) mass is 448 g/mol. The second-order valence-electron chi connectivity index (χ2n) is 5.56. The van der Waals surface area contributed by atoms with E-state index in [1.165, 1.54) is 0 Å². The van der Waals surface area contributed by atoms with E-state index >= 15 is 0 Å². The third-order valence-electron chi connectivity index (χ3n) is 3.25. The molecule has 0 atom stereocenters. The van der Waals surface area contributed by atoms with Crippen molar-refractivity contribution in [3.63, 3.8) is 0 Å². The van der Waals surface area contributed by atoms with Crippen molar-refractivity contribution in [2.75, 3.05) is 13.6 Å². The molecular weight excluding hydrogens is 423 g/mol. The maximum atomic E-state index is 5.28. The average molecular weight is 448 g/mol. The number of rotatable bonds is 7. The van der Waals surface area contributed by atoms with Gasteiger partial charge in [-0.1, -0.05) is 24.2 Å². The number of aliphatic imine (C=N–C) groups is 1. The van der Waals surface area contributed by atoms with E-state index in [2.05, 4.69) is 44.8 Å². The molecule has 0 unspecified atom stereocenters. The van der Waals surface area contributed by atoms with Crippen LogP contribution >= 0.6 is 24.0 Å². The Morgan fingerprint density at radius 3 is 2.62 bits per heavy atom. The number of hydrogen-bond acceptors (Lipinski definition) is 6. The summed E-state index contributed by atoms with van der Waals surface area (Å²) in [5, 5.41) is 14.2. The second kappa shape index (κ2) is 10.3. The zero-order chi connectivity index (χ0) is 16.7. The summed E-state index contributed by atoms with van der Waals surface area (Å²) in [6, 6.07) is 1.96. The Labute approximate surface area is 158 Å². The van der Waals surface area contributed by atoms with Crippen molar-refractivity contribution in [2.24, 2.45) is 4.99 Å². The summed E-state index contributed by atoms with van der Waals surface area (Å²) in [7, 11) is 1.73. The zero-order valence-electron chi connectivity index (χ0n) is 14.5. The zero-order valence-corrected chi connectivity index (χ0v) is 16.8. The SMILES string of the molecule is CN=C(NCCCc1nc(C)no1)NCc1cc(C(C)C)no1.I. The van der Waals surface area contributed by atoms with Gasteiger partial charge in [-0.15, -0.1) is 24.0 Å². The first-order valence-corrected chi connectivity index (χ1v) is 7.77. The van der Waals surface area contributed by atoms with Crippen LogP contribution in [0.25, 0.3) is 0 Å². The molecule has 2 N–H and O–H groups in total. The lowest BCUT2D eigenvalue weighted by atomic mass is 10.1. The van der Waals surface area contributed by atoms with Gasteiger partial charge in [0.15, 0.2) is 17.5 Å². The molecule has 0 aliphatic carbocycles. The summed E-state index contributed by atoms with van der Waals surface area (Å²) in [6.45, 7) is 7.28. The van der Waals surface area contributed by atoms with Crippen LogP contribution in [0.4, 0.5) is 0 Å². The van der Waals surface area contributed by atoms with E-state index in [4.69, 9.17) is 9.05 Å². The van der Waals surface area contributed by atoms with Crippen molar-refractivity contribution in [2.45, 2.75) is 46.1 Å². The minimum atomic E-state index is 0. The fourth-order valence-corrected chi connectivity index (χ4v) is 1.96. The second-order valence-corrected chi connectivity index (χ2v) is 5.56. The maximum Gasteiger partial charge on any atom is 0.226 e. The van der Waals surface area contributed by atoms with Crippen molar-refractivity contribution in [3.8, 4) is 0 Å². The van der Waals surface area contributed by atoms with Gasteiger partial charge in [0, 0.05) is 26.1 Å². The van der Waals surface area contributed by atoms with Gasteiger partial charge in [-0.2, -0.15) is 4.98 Å². The Kier molecular flexibility index (Phi) is 8.72. The Morgan fingerprint density at radius 1 is 1.25 bits per heavy atom. The standard InChI is InChI=1S/C15H24N6O2.HI/c1-10(2)13-8-12(22-21-13)9-18-15(16-4)17-7-5-6-14-19-11(3)20-23-14;/h8,10H,5-7,9H2,1-4H3,(H2,16,17,18);1H. The summed E-state index contributed by atoms with van der Waals surface area (Å²) in [4.78, 5) is 8.34. The molecule has 8 nitrogen and oxygen atoms in total. The number of halogens is 1. The van der Waals surface area contributed by atoms with Crippen LogP contribution in [0.15, 0.2) is 20.1 Å². The molecule has 0 saturated heterocycles. The molecule has 134 valence electrons. The average Bonchev–Trinajstić information content (AvgIpc) is 3.15. The number of aromatic nitrogens is 3. The van der Waals surface area contributed by atoms with Crippen molar-refractivity contribution in [1.29, 1.82) is 0 Å². The summed E-state index contributed by atoms with van der Waals surface area (Å²) < 4.78 is 10.4. The quantitative estimate of drug-likeness (QED) is 0.290. The van der Waals surface area contributed by atoms with Crippen LogP contribution in [0, 0.1) is 6.92 Å². The molecule has 0 aliphatic heterocycles. The van der Waals surface area contributed by atoms with Gasteiger partial charge >= 0.3 is 0 Å². The molecular formula is C15H25IN6O2. The first kappa shape index (κ1) is 20.4. The number of guanidine groups is 1. The highest BCUT2D eigenvalue weighted by atomic mass is 127. The van der Waals surface area contributed by atoms with Crippen LogP contribution in [-0.4, -0.2) is 34.8 Å². The summed E-state index contributed by atoms with van der Waals surface area (Å²) in [5.41, 5.74) is 0.958. The van der Waals surface area contributed by atoms with Gasteiger partial charge in [0.1, 0.15) is 0 Å². The number of hydrogen-bond donors (Lipinski definition) is 2. The molecule has 0 radical (unpaired) electrons. The minimum Gasteiger partial charge on any atom is -0.359 e. The van der Waals surface area contributed by atoms with Crippen molar-refractivity contribution < 1.29 is 9.05 Å². The van der Waals surface area contributed by atoms with Gasteiger partial charge in [0.25, 0.3) is 0 Å². The highest BCUT2D eigenvalue weighted by Crippen LogP contribution is 2.13. The minimum absolute atomic E-state index is 0. The number of nitrogens with zero attached hydrogens (tertiary/aromatic N) is 4. The highest BCUT2D eigenvalue weighted by molar-refractivity contribution is 14.0. The third kappa shape index (κ3) is 6.46. The first-order chi connectivity index (χ1) is 11.1. The van der Waals surface area contributed by atoms with E-state index in [-0.39, 0.29) is 24.0 Å². The smallest absolute Gasteiger partial charge is 0.226 e. The van der Waals surface area contributed by atoms with Gasteiger partial charge in [-0.25, -0.2) is 0 Å². The van der Waals surface area contributed by atoms with Gasteiger partial charge in [0.2, 0.25) is 5.89 Å². The van der Waals surface area contributed by atoms with Crippen LogP contribution < -0.4 is 10.6 Å². The third-order valence-corrected chi connectivity index (χ3v) is 3.25. The lowest BCUT2D eigenvalue weighted by Crippen LogP contribution is -2.37. The van der Waals surface area contributed by atoms with Crippen LogP contribution in [0.1, 0.15) is 49.4 Å². The summed E-state index contributed by atoms with van der Waals surface area (Å²) in [5.74, 6) is 3.19. The van der Waals surface area contributed by atoms with E-state index in [0.29, 0.717) is 30.1 Å². The van der Waals surface area contributed by atoms with E-state index in [9.17, 15) is 0 Å². The Bertz CT molecular complexity index is 637. The van der Waals surface area contributed by atoms with Crippen molar-refractivity contribution in [1.82, 2.24) is 25.9 Å². The first-order valence-electron chi connectivity index (χ1n) is 7.77. The Balaban J connectivity index is 0.00000288. The normalized spacial score (nSPS) is 11.5. The number of aryl methyl sites for hydroxylation is 2. The lowest BCUT2D eigenvalue weighted by molar-refractivity contribution is 0.370. The predicted molar refractivity (Wildman–Crippen MR) is 102 cm³/mol. The molecule has 24 heavy (non-hydrogen) atoms. The van der Waals surface area contributed by atoms with E-state index in [1.54, 1.807) is 7.05 Å². The highest BCUT2D eigenvalue weighted by Gasteiger charge is 2.08. The van der Waals surface area contributed by atoms with E-state index < -0.39 is 0 Å². The number of nitrogens with one attached hydrogen (secondary N) is 2. The summed E-state index contributed by atoms with van der Waals surface area (Å²) >= 11 is 0. The topological polar surface area (TPSA) is 101 Å². The summed E-state index contributed by atoms with van der Waals surface area (Å²) in [6.07, 6.45) is 1.62. The molecule has 2 rings (SSSR count). The molecule has 0 aromatic carbocycles. The van der Waals surface area contributed by atoms with Gasteiger partial charge in [-0.05, 0) is 19.3 Å². The van der Waals surface area contributed by atoms with Gasteiger partial charge < -0.3 is 19.7 Å². The van der Waals surface area contributed by atoms with Crippen molar-refractivity contribution >= 4 is 29.9 Å². The molecule has 2 aromatic rings. The molecule has 0 fully saturated rings. The molecule has 2 aromatic heterocycles. The van der Waals surface area contributed by atoms with Crippen LogP contribution in [0.2, 0.25) is 0 Å². The molecule has 0 bridgehead atoms. The van der Waals surface area contributed by atoms with Crippen molar-refractivity contribution in [3.05, 3.63) is 29.2 Å². The largest absolute Gasteiger partial charge is 0.359 e. The Hall–Kier alpha value is -1.65. The van der Waals surface area contributed by atoms with Crippen LogP contribution in [0.5, 0.6) is 0 Å².